The molecule has 1 saturated heterocycles. The van der Waals surface area contributed by atoms with E-state index < -0.39 is 41.2 Å². The van der Waals surface area contributed by atoms with Crippen molar-refractivity contribution in [2.75, 3.05) is 20.1 Å². The Hall–Kier alpha value is -2.33. The Labute approximate surface area is 211 Å². The molecule has 36 heavy (non-hydrogen) atoms. The van der Waals surface area contributed by atoms with Gasteiger partial charge in [0.05, 0.1) is 17.2 Å². The normalized spacial score (nSPS) is 16.7. The lowest BCUT2D eigenvalue weighted by molar-refractivity contribution is -0.143. The summed E-state index contributed by atoms with van der Waals surface area (Å²) in [4.78, 5) is 14.4. The Balaban J connectivity index is 0.00000456. The van der Waals surface area contributed by atoms with Crippen molar-refractivity contribution in [2.45, 2.75) is 50.5 Å². The van der Waals surface area contributed by atoms with Gasteiger partial charge in [0, 0.05) is 13.5 Å². The molecular weight excluding hydrogens is 513 g/mol. The fraction of sp³-hybridized carbons (Fsp3) is 0.480. The Bertz CT molecular complexity index is 986. The summed E-state index contributed by atoms with van der Waals surface area (Å²) in [5, 5.41) is 3.24. The summed E-state index contributed by atoms with van der Waals surface area (Å²) in [5.41, 5.74) is -2.34. The van der Waals surface area contributed by atoms with Gasteiger partial charge in [-0.1, -0.05) is 12.1 Å². The van der Waals surface area contributed by atoms with E-state index in [2.05, 4.69) is 5.32 Å². The number of rotatable bonds is 6. The SMILES string of the molecule is C[C@H](c1cc(C(F)(F)F)cc(C(F)(F)F)c1)N(C)C(=O)CC(c1ccc(F)cc1)C1CCNCC1.Cl. The van der Waals surface area contributed by atoms with E-state index in [1.807, 2.05) is 0 Å². The highest BCUT2D eigenvalue weighted by molar-refractivity contribution is 5.85. The molecule has 1 N–H and O–H groups in total. The lowest BCUT2D eigenvalue weighted by atomic mass is 9.78. The first-order valence-electron chi connectivity index (χ1n) is 11.3. The molecule has 2 aromatic carbocycles. The maximum absolute atomic E-state index is 13.5. The second-order valence-corrected chi connectivity index (χ2v) is 8.97. The number of hydrogen-bond acceptors (Lipinski definition) is 2. The molecule has 1 fully saturated rings. The molecule has 3 rings (SSSR count). The largest absolute Gasteiger partial charge is 0.416 e. The maximum atomic E-state index is 13.5. The van der Waals surface area contributed by atoms with E-state index in [1.54, 1.807) is 12.1 Å². The lowest BCUT2D eigenvalue weighted by Gasteiger charge is -2.33. The van der Waals surface area contributed by atoms with Gasteiger partial charge in [-0.3, -0.25) is 4.79 Å². The maximum Gasteiger partial charge on any atom is 0.416 e. The number of nitrogens with zero attached hydrogens (tertiary/aromatic N) is 1. The third kappa shape index (κ3) is 7.35. The average Bonchev–Trinajstić information content (AvgIpc) is 2.81. The first-order chi connectivity index (χ1) is 16.3. The van der Waals surface area contributed by atoms with Gasteiger partial charge in [0.15, 0.2) is 0 Å². The molecule has 0 bridgehead atoms. The molecule has 1 amide bonds. The summed E-state index contributed by atoms with van der Waals surface area (Å²) in [6, 6.07) is 6.17. The van der Waals surface area contributed by atoms with E-state index in [4.69, 9.17) is 0 Å². The predicted molar refractivity (Wildman–Crippen MR) is 124 cm³/mol. The van der Waals surface area contributed by atoms with E-state index in [1.165, 1.54) is 31.0 Å². The molecule has 11 heteroatoms. The predicted octanol–water partition coefficient (Wildman–Crippen LogP) is 6.98. The summed E-state index contributed by atoms with van der Waals surface area (Å²) in [5.74, 6) is -0.969. The van der Waals surface area contributed by atoms with E-state index in [9.17, 15) is 35.5 Å². The molecule has 1 unspecified atom stereocenters. The minimum Gasteiger partial charge on any atom is -0.339 e. The van der Waals surface area contributed by atoms with Crippen molar-refractivity contribution >= 4 is 18.3 Å². The lowest BCUT2D eigenvalue weighted by Crippen LogP contribution is -2.35. The number of amides is 1. The molecule has 0 saturated carbocycles. The summed E-state index contributed by atoms with van der Waals surface area (Å²) in [6.07, 6.45) is -8.36. The number of carbonyl (C=O) groups is 1. The monoisotopic (exact) mass is 540 g/mol. The van der Waals surface area contributed by atoms with Crippen LogP contribution in [0.25, 0.3) is 0 Å². The molecule has 200 valence electrons. The molecule has 1 aliphatic rings. The van der Waals surface area contributed by atoms with Gasteiger partial charge in [-0.05, 0) is 86.1 Å². The van der Waals surface area contributed by atoms with Crippen LogP contribution in [0.5, 0.6) is 0 Å². The number of carbonyl (C=O) groups excluding carboxylic acids is 1. The summed E-state index contributed by atoms with van der Waals surface area (Å²) >= 11 is 0. The zero-order chi connectivity index (χ0) is 26.0. The standard InChI is InChI=1S/C25H27F7N2O.ClH/c1-15(18-11-19(24(27,28)29)13-20(12-18)25(30,31)32)34(2)23(35)14-22(17-7-9-33-10-8-17)16-3-5-21(26)6-4-16;/h3-6,11-13,15,17,22,33H,7-10,14H2,1-2H3;1H/t15-,22?;/m1./s1. The van der Waals surface area contributed by atoms with Gasteiger partial charge in [-0.15, -0.1) is 12.4 Å². The van der Waals surface area contributed by atoms with Crippen LogP contribution >= 0.6 is 12.4 Å². The van der Waals surface area contributed by atoms with Crippen molar-refractivity contribution in [3.05, 3.63) is 70.5 Å². The van der Waals surface area contributed by atoms with Crippen LogP contribution in [0, 0.1) is 11.7 Å². The molecule has 0 radical (unpaired) electrons. The zero-order valence-electron chi connectivity index (χ0n) is 19.7. The Morgan fingerprint density at radius 3 is 1.92 bits per heavy atom. The second kappa shape index (κ2) is 11.8. The molecule has 3 nitrogen and oxygen atoms in total. The molecule has 2 aromatic rings. The van der Waals surface area contributed by atoms with Crippen molar-refractivity contribution in [1.82, 2.24) is 10.2 Å². The number of benzene rings is 2. The van der Waals surface area contributed by atoms with Gasteiger partial charge in [-0.25, -0.2) is 4.39 Å². The number of halogens is 8. The van der Waals surface area contributed by atoms with Gasteiger partial charge in [0.25, 0.3) is 0 Å². The van der Waals surface area contributed by atoms with E-state index >= 15 is 0 Å². The van der Waals surface area contributed by atoms with Gasteiger partial charge in [-0.2, -0.15) is 26.3 Å². The Morgan fingerprint density at radius 1 is 0.944 bits per heavy atom. The Kier molecular flexibility index (Phi) is 9.81. The molecule has 0 spiro atoms. The first kappa shape index (κ1) is 29.9. The van der Waals surface area contributed by atoms with Crippen LogP contribution in [0.3, 0.4) is 0 Å². The highest BCUT2D eigenvalue weighted by Gasteiger charge is 2.38. The number of nitrogens with one attached hydrogen (secondary N) is 1. The van der Waals surface area contributed by atoms with Gasteiger partial charge in [0.1, 0.15) is 5.82 Å². The van der Waals surface area contributed by atoms with E-state index in [0.29, 0.717) is 12.1 Å². The number of alkyl halides is 6. The van der Waals surface area contributed by atoms with E-state index in [0.717, 1.165) is 31.5 Å². The minimum absolute atomic E-state index is 0. The zero-order valence-corrected chi connectivity index (χ0v) is 20.5. The molecule has 1 heterocycles. The van der Waals surface area contributed by atoms with Crippen molar-refractivity contribution in [1.29, 1.82) is 0 Å². The number of hydrogen-bond donors (Lipinski definition) is 1. The molecule has 2 atom stereocenters. The number of piperidine rings is 1. The van der Waals surface area contributed by atoms with Crippen LogP contribution in [0.15, 0.2) is 42.5 Å². The average molecular weight is 541 g/mol. The first-order valence-corrected chi connectivity index (χ1v) is 11.3. The van der Waals surface area contributed by atoms with Crippen LogP contribution in [-0.4, -0.2) is 30.9 Å². The summed E-state index contributed by atoms with van der Waals surface area (Å²) in [6.45, 7) is 2.91. The third-order valence-electron chi connectivity index (χ3n) is 6.71. The molecular formula is C25H28ClF7N2O. The van der Waals surface area contributed by atoms with Crippen molar-refractivity contribution in [2.24, 2.45) is 5.92 Å². The van der Waals surface area contributed by atoms with Crippen molar-refractivity contribution < 1.29 is 35.5 Å². The van der Waals surface area contributed by atoms with Crippen LogP contribution in [0.4, 0.5) is 30.7 Å². The smallest absolute Gasteiger partial charge is 0.339 e. The fourth-order valence-electron chi connectivity index (χ4n) is 4.51. The molecule has 0 aromatic heterocycles. The van der Waals surface area contributed by atoms with Gasteiger partial charge < -0.3 is 10.2 Å². The highest BCUT2D eigenvalue weighted by atomic mass is 35.5. The van der Waals surface area contributed by atoms with Crippen LogP contribution in [-0.2, 0) is 17.1 Å². The van der Waals surface area contributed by atoms with Crippen LogP contribution in [0.1, 0.15) is 60.4 Å². The van der Waals surface area contributed by atoms with Crippen LogP contribution < -0.4 is 5.32 Å². The third-order valence-corrected chi connectivity index (χ3v) is 6.71. The van der Waals surface area contributed by atoms with Gasteiger partial charge in [0.2, 0.25) is 5.91 Å². The summed E-state index contributed by atoms with van der Waals surface area (Å²) < 4.78 is 93.1. The topological polar surface area (TPSA) is 32.3 Å². The van der Waals surface area contributed by atoms with Crippen molar-refractivity contribution in [3.63, 3.8) is 0 Å². The minimum atomic E-state index is -4.97. The van der Waals surface area contributed by atoms with Crippen LogP contribution in [0.2, 0.25) is 0 Å². The fourth-order valence-corrected chi connectivity index (χ4v) is 4.51. The molecule has 1 aliphatic heterocycles. The molecule has 0 aliphatic carbocycles. The quantitative estimate of drug-likeness (QED) is 0.401. The van der Waals surface area contributed by atoms with Gasteiger partial charge >= 0.3 is 12.4 Å². The van der Waals surface area contributed by atoms with E-state index in [-0.39, 0.29) is 42.3 Å². The highest BCUT2D eigenvalue weighted by Crippen LogP contribution is 2.39. The second-order valence-electron chi connectivity index (χ2n) is 8.97. The summed E-state index contributed by atoms with van der Waals surface area (Å²) in [7, 11) is 1.37. The Morgan fingerprint density at radius 2 is 1.44 bits per heavy atom. The van der Waals surface area contributed by atoms with Crippen molar-refractivity contribution in [3.8, 4) is 0 Å².